The van der Waals surface area contributed by atoms with Crippen LogP contribution in [0.1, 0.15) is 185 Å². The summed E-state index contributed by atoms with van der Waals surface area (Å²) < 4.78 is 140. The lowest BCUT2D eigenvalue weighted by molar-refractivity contribution is -0.589. The van der Waals surface area contributed by atoms with Gasteiger partial charge in [0.05, 0.1) is 22.3 Å². The van der Waals surface area contributed by atoms with E-state index in [1.54, 1.807) is 36.4 Å². The molecule has 2 aliphatic heterocycles. The molecule has 0 spiro atoms. The molecule has 8 aromatic carbocycles. The van der Waals surface area contributed by atoms with E-state index in [0.717, 1.165) is 88.4 Å². The number of aryl methyl sites for hydroxylation is 8. The van der Waals surface area contributed by atoms with E-state index >= 15 is 0 Å². The van der Waals surface area contributed by atoms with Crippen LogP contribution in [0, 0.1) is 73.1 Å². The first-order valence-electron chi connectivity index (χ1n) is 42.5. The molecule has 0 amide bonds. The number of hydroxylamine groups is 1. The molecule has 123 heavy (non-hydrogen) atoms. The molecule has 4 aliphatic rings. The van der Waals surface area contributed by atoms with E-state index in [1.165, 1.54) is 122 Å². The average molecular weight is 1780 g/mol. The molecule has 21 nitrogen and oxygen atoms in total. The number of sulfonamides is 2. The van der Waals surface area contributed by atoms with E-state index in [-0.39, 0.29) is 21.9 Å². The van der Waals surface area contributed by atoms with Gasteiger partial charge in [0, 0.05) is 152 Å². The van der Waals surface area contributed by atoms with Crippen molar-refractivity contribution in [2.45, 2.75) is 196 Å². The molecule has 0 bridgehead atoms. The summed E-state index contributed by atoms with van der Waals surface area (Å²) in [6.45, 7) is 31.6. The summed E-state index contributed by atoms with van der Waals surface area (Å²) in [5.74, 6) is 4.09. The van der Waals surface area contributed by atoms with Crippen LogP contribution in [0.15, 0.2) is 227 Å². The van der Waals surface area contributed by atoms with Crippen molar-refractivity contribution in [3.63, 3.8) is 0 Å². The van der Waals surface area contributed by atoms with Crippen LogP contribution in [0.3, 0.4) is 0 Å². The Morgan fingerprint density at radius 1 is 0.431 bits per heavy atom. The van der Waals surface area contributed by atoms with Crippen molar-refractivity contribution in [2.75, 3.05) is 49.0 Å². The van der Waals surface area contributed by atoms with E-state index in [4.69, 9.17) is 14.5 Å². The number of fused-ring (bicyclic) bond motifs is 4. The minimum absolute atomic E-state index is 0.0410. The van der Waals surface area contributed by atoms with Crippen molar-refractivity contribution in [3.05, 3.63) is 284 Å². The fraction of sp³-hybridized carbons (Fsp3) is 0.381. The number of benzene rings is 8. The van der Waals surface area contributed by atoms with E-state index in [9.17, 15) is 42.8 Å². The lowest BCUT2D eigenvalue weighted by Gasteiger charge is -2.29. The molecule has 12 rings (SSSR count). The smallest absolute Gasteiger partial charge is 0.208 e. The van der Waals surface area contributed by atoms with E-state index < -0.39 is 40.3 Å². The number of nitrogens with one attached hydrogen (secondary N) is 5. The molecule has 5 unspecified atom stereocenters. The van der Waals surface area contributed by atoms with Crippen LogP contribution < -0.4 is 45.7 Å². The van der Waals surface area contributed by atoms with Gasteiger partial charge in [-0.15, -0.1) is 9.32 Å². The van der Waals surface area contributed by atoms with Gasteiger partial charge >= 0.3 is 0 Å². The summed E-state index contributed by atoms with van der Waals surface area (Å²) in [7, 11) is -15.5. The number of quaternary nitrogens is 2. The molecule has 664 valence electrons. The molecule has 0 aromatic heterocycles. The predicted molar refractivity (Wildman–Crippen MR) is 500 cm³/mol. The fourth-order valence-corrected chi connectivity index (χ4v) is 17.7. The summed E-state index contributed by atoms with van der Waals surface area (Å²) >= 11 is 1.19. The number of allylic oxidation sites excluding steroid dienone is 2. The Balaban J connectivity index is 0.000000215. The summed E-state index contributed by atoms with van der Waals surface area (Å²) in [5, 5.41) is 11.5. The van der Waals surface area contributed by atoms with Gasteiger partial charge in [0.15, 0.2) is 0 Å². The maximum atomic E-state index is 12.4. The number of anilines is 4. The highest BCUT2D eigenvalue weighted by Gasteiger charge is 2.34. The maximum absolute atomic E-state index is 12.4. The number of ether oxygens (including phenoxy) is 2. The van der Waals surface area contributed by atoms with Crippen molar-refractivity contribution >= 4 is 97.6 Å². The lowest BCUT2D eigenvalue weighted by atomic mass is 9.87. The highest BCUT2D eigenvalue weighted by atomic mass is 32.2. The molecular weight excluding hydrogens is 1650 g/mol. The highest BCUT2D eigenvalue weighted by Crippen LogP contribution is 2.48. The molecule has 0 radical (unpaired) electrons. The maximum Gasteiger partial charge on any atom is 0.208 e. The van der Waals surface area contributed by atoms with Crippen LogP contribution in [0.4, 0.5) is 34.1 Å². The number of nitrogens with two attached hydrogens (primary N) is 2. The second-order valence-electron chi connectivity index (χ2n) is 31.9. The van der Waals surface area contributed by atoms with Crippen molar-refractivity contribution in [2.24, 2.45) is 17.8 Å². The number of rotatable bonds is 35. The third-order valence-corrected chi connectivity index (χ3v) is 25.6. The molecule has 0 saturated carbocycles. The molecule has 2 aliphatic carbocycles. The van der Waals surface area contributed by atoms with Gasteiger partial charge < -0.3 is 39.8 Å². The molecule has 8 aromatic rings. The SMILES string of the molecule is CCCCC(CC)CNOOSC.CCCCC(CC)CNS(C)(=O)=O.CCCCC(CC)CNS(C)(=O)=O.Cc1cccc(C)c1Nc1ccc2c(c1)OC1=CC([NH2+]c3c(C)cccc3C)C=CC1=C2c1ccccc1S(=O)(=O)[O-].Cc1cccc(C)c1Nc1ccc2c(c1)OC1=CC([NH2+]c3c(C)cccc3C)C=CC1=C2c1ccccc1S(=O)(=O)[O-]. The van der Waals surface area contributed by atoms with Crippen LogP contribution in [0.5, 0.6) is 11.5 Å². The quantitative estimate of drug-likeness (QED) is 0.00485. The second-order valence-corrected chi connectivity index (χ2v) is 38.8. The summed E-state index contributed by atoms with van der Waals surface area (Å²) in [6.07, 6.45) is 30.5. The van der Waals surface area contributed by atoms with Crippen LogP contribution in [-0.4, -0.2) is 93.3 Å². The molecular formula is C97H127N7O14S5. The van der Waals surface area contributed by atoms with E-state index in [1.807, 2.05) is 79.1 Å². The summed E-state index contributed by atoms with van der Waals surface area (Å²) in [5.41, 5.74) is 23.0. The molecule has 0 saturated heterocycles. The first kappa shape index (κ1) is 99.6. The van der Waals surface area contributed by atoms with Gasteiger partial charge in [-0.2, -0.15) is 5.48 Å². The Kier molecular flexibility index (Phi) is 38.5. The molecule has 0 fully saturated rings. The largest absolute Gasteiger partial charge is 0.744 e. The monoisotopic (exact) mass is 1770 g/mol. The van der Waals surface area contributed by atoms with Crippen molar-refractivity contribution in [3.8, 4) is 11.5 Å². The molecule has 2 heterocycles. The summed E-state index contributed by atoms with van der Waals surface area (Å²) in [6, 6.07) is 49.0. The third-order valence-electron chi connectivity index (χ3n) is 22.3. The zero-order valence-electron chi connectivity index (χ0n) is 74.4. The Labute approximate surface area is 737 Å². The Hall–Kier alpha value is -8.81. The normalized spacial score (nSPS) is 15.3. The lowest BCUT2D eigenvalue weighted by Crippen LogP contribution is -2.84. The van der Waals surface area contributed by atoms with Crippen LogP contribution in [-0.2, 0) is 49.6 Å². The molecule has 9 N–H and O–H groups in total. The van der Waals surface area contributed by atoms with Crippen molar-refractivity contribution in [1.29, 1.82) is 0 Å². The van der Waals surface area contributed by atoms with E-state index in [2.05, 4.69) is 210 Å². The Morgan fingerprint density at radius 3 is 1.08 bits per heavy atom. The van der Waals surface area contributed by atoms with Crippen molar-refractivity contribution < 1.29 is 72.2 Å². The third kappa shape index (κ3) is 29.7. The number of hydrogen-bond acceptors (Lipinski definition) is 18. The number of unbranched alkanes of at least 4 members (excludes halogenated alkanes) is 3. The zero-order valence-corrected chi connectivity index (χ0v) is 78.5. The Morgan fingerprint density at radius 2 is 0.764 bits per heavy atom. The fourth-order valence-electron chi connectivity index (χ4n) is 15.1. The van der Waals surface area contributed by atoms with Crippen LogP contribution in [0.2, 0.25) is 0 Å². The van der Waals surface area contributed by atoms with Gasteiger partial charge in [0.25, 0.3) is 0 Å². The minimum atomic E-state index is -4.73. The average Bonchev–Trinajstić information content (AvgIpc) is 0.747. The highest BCUT2D eigenvalue weighted by molar-refractivity contribution is 7.93. The van der Waals surface area contributed by atoms with Crippen molar-refractivity contribution in [1.82, 2.24) is 14.9 Å². The minimum Gasteiger partial charge on any atom is -0.744 e. The van der Waals surface area contributed by atoms with Gasteiger partial charge in [0.1, 0.15) is 66.7 Å². The second kappa shape index (κ2) is 47.5. The predicted octanol–water partition coefficient (Wildman–Crippen LogP) is 19.4. The van der Waals surface area contributed by atoms with Gasteiger partial charge in [-0.25, -0.2) is 43.1 Å². The van der Waals surface area contributed by atoms with Gasteiger partial charge in [0.2, 0.25) is 20.0 Å². The zero-order chi connectivity index (χ0) is 89.8. The topological polar surface area (TPSA) is 313 Å². The standard InChI is InChI=1S/2C35H32N2O4S.3C9H21NO2S/c2*1-21-9-7-10-22(2)34(21)36-25-15-17-27-30(19-25)41-31-20-26(37-35-23(3)11-8-12-24(35)4)16-18-28(31)33(27)29-13-5-6-14-32(29)42(38,39)40;2*1-4-6-7-9(5-2)8-10-13(3,11)12;1-4-6-7-9(5-2)8-10-11-12-13-3/h2*5-20,25,36-37H,1-4H3,(H,38,39,40);3*9-10H,4-8H2,1-3H3. The van der Waals surface area contributed by atoms with Crippen LogP contribution >= 0.6 is 12.0 Å². The number of para-hydroxylation sites is 4. The van der Waals surface area contributed by atoms with Crippen LogP contribution in [0.25, 0.3) is 11.1 Å². The Bertz CT molecular complexity index is 5200. The molecule has 5 atom stereocenters. The van der Waals surface area contributed by atoms with Gasteiger partial charge in [-0.3, -0.25) is 0 Å². The summed E-state index contributed by atoms with van der Waals surface area (Å²) in [4.78, 5) is 4.20. The number of hydrogen-bond donors (Lipinski definition) is 7. The van der Waals surface area contributed by atoms with E-state index in [0.29, 0.717) is 87.3 Å². The molecule has 26 heteroatoms. The first-order chi connectivity index (χ1) is 58.5. The van der Waals surface area contributed by atoms with Gasteiger partial charge in [-0.05, 0) is 175 Å². The first-order valence-corrected chi connectivity index (χ1v) is 50.3. The van der Waals surface area contributed by atoms with Gasteiger partial charge in [-0.1, -0.05) is 209 Å².